The van der Waals surface area contributed by atoms with E-state index >= 15 is 0 Å². The van der Waals surface area contributed by atoms with E-state index < -0.39 is 0 Å². The van der Waals surface area contributed by atoms with Crippen LogP contribution in [0.2, 0.25) is 0 Å². The van der Waals surface area contributed by atoms with Crippen LogP contribution in [0.3, 0.4) is 0 Å². The molecule has 1 atom stereocenters. The highest BCUT2D eigenvalue weighted by Crippen LogP contribution is 2.33. The third-order valence-electron chi connectivity index (χ3n) is 5.05. The summed E-state index contributed by atoms with van der Waals surface area (Å²) in [5, 5.41) is 0. The molecule has 1 saturated heterocycles. The van der Waals surface area contributed by atoms with E-state index in [1.165, 1.54) is 64.3 Å². The summed E-state index contributed by atoms with van der Waals surface area (Å²) >= 11 is 0. The van der Waals surface area contributed by atoms with Crippen LogP contribution >= 0.6 is 0 Å². The molecule has 0 aromatic carbocycles. The summed E-state index contributed by atoms with van der Waals surface area (Å²) in [4.78, 5) is 2.66. The van der Waals surface area contributed by atoms with E-state index in [0.29, 0.717) is 6.10 Å². The quantitative estimate of drug-likeness (QED) is 0.841. The van der Waals surface area contributed by atoms with Gasteiger partial charge in [-0.2, -0.15) is 0 Å². The summed E-state index contributed by atoms with van der Waals surface area (Å²) in [5.41, 5.74) is 6.47. The summed E-state index contributed by atoms with van der Waals surface area (Å²) in [6.07, 6.45) is 12.4. The second kappa shape index (κ2) is 6.88. The number of hydrogen-bond donors (Lipinski definition) is 1. The molecule has 1 aliphatic carbocycles. The number of hydrogen-bond acceptors (Lipinski definition) is 3. The maximum atomic E-state index is 6.19. The molecule has 0 bridgehead atoms. The van der Waals surface area contributed by atoms with Crippen molar-refractivity contribution in [3.63, 3.8) is 0 Å². The zero-order chi connectivity index (χ0) is 12.8. The monoisotopic (exact) mass is 254 g/mol. The lowest BCUT2D eigenvalue weighted by molar-refractivity contribution is -0.0264. The minimum Gasteiger partial charge on any atom is -0.380 e. The molecule has 1 saturated carbocycles. The molecule has 3 nitrogen and oxygen atoms in total. The molecule has 2 rings (SSSR count). The lowest BCUT2D eigenvalue weighted by Crippen LogP contribution is -2.58. The van der Waals surface area contributed by atoms with Crippen LogP contribution in [0.4, 0.5) is 0 Å². The van der Waals surface area contributed by atoms with Crippen LogP contribution in [-0.2, 0) is 4.74 Å². The van der Waals surface area contributed by atoms with Gasteiger partial charge in [0.05, 0.1) is 6.10 Å². The first kappa shape index (κ1) is 14.3. The Labute approximate surface area is 112 Å². The molecule has 0 radical (unpaired) electrons. The Morgan fingerprint density at radius 2 is 1.78 bits per heavy atom. The van der Waals surface area contributed by atoms with E-state index in [-0.39, 0.29) is 5.54 Å². The first-order chi connectivity index (χ1) is 8.80. The van der Waals surface area contributed by atoms with Crippen molar-refractivity contribution in [1.82, 2.24) is 4.90 Å². The first-order valence-corrected chi connectivity index (χ1v) is 7.79. The highest BCUT2D eigenvalue weighted by molar-refractivity contribution is 4.95. The average Bonchev–Trinajstić information content (AvgIpc) is 2.39. The van der Waals surface area contributed by atoms with Crippen molar-refractivity contribution in [3.05, 3.63) is 0 Å². The van der Waals surface area contributed by atoms with Crippen LogP contribution in [0.25, 0.3) is 0 Å². The van der Waals surface area contributed by atoms with Gasteiger partial charge in [-0.3, -0.25) is 4.90 Å². The normalized spacial score (nSPS) is 30.7. The van der Waals surface area contributed by atoms with Crippen molar-refractivity contribution in [2.75, 3.05) is 26.7 Å². The molecule has 2 aliphatic rings. The largest absolute Gasteiger partial charge is 0.380 e. The van der Waals surface area contributed by atoms with E-state index in [4.69, 9.17) is 10.5 Å². The second-order valence-electron chi connectivity index (χ2n) is 6.14. The molecule has 2 N–H and O–H groups in total. The molecule has 0 amide bonds. The fourth-order valence-electron chi connectivity index (χ4n) is 3.77. The fraction of sp³-hybridized carbons (Fsp3) is 1.00. The molecule has 1 unspecified atom stereocenters. The number of methoxy groups -OCH3 is 1. The number of nitrogens with zero attached hydrogens (tertiary/aromatic N) is 1. The number of piperidine rings is 1. The van der Waals surface area contributed by atoms with E-state index in [1.54, 1.807) is 0 Å². The number of likely N-dealkylation sites (tertiary alicyclic amines) is 1. The summed E-state index contributed by atoms with van der Waals surface area (Å²) in [6.45, 7) is 3.13. The molecular formula is C15H30N2O. The molecule has 3 heteroatoms. The molecule has 2 fully saturated rings. The molecule has 18 heavy (non-hydrogen) atoms. The van der Waals surface area contributed by atoms with Crippen LogP contribution in [0.5, 0.6) is 0 Å². The maximum absolute atomic E-state index is 6.19. The summed E-state index contributed by atoms with van der Waals surface area (Å²) in [5.74, 6) is 0. The summed E-state index contributed by atoms with van der Waals surface area (Å²) in [7, 11) is 1.85. The smallest absolute Gasteiger partial charge is 0.0698 e. The molecule has 0 aromatic rings. The topological polar surface area (TPSA) is 38.5 Å². The number of nitrogens with two attached hydrogens (primary N) is 1. The lowest BCUT2D eigenvalue weighted by atomic mass is 9.81. The maximum Gasteiger partial charge on any atom is 0.0698 e. The Balaban J connectivity index is 2.03. The van der Waals surface area contributed by atoms with Crippen LogP contribution in [0, 0.1) is 0 Å². The number of rotatable bonds is 3. The molecule has 1 aliphatic heterocycles. The lowest BCUT2D eigenvalue weighted by Gasteiger charge is -2.48. The van der Waals surface area contributed by atoms with E-state index in [9.17, 15) is 0 Å². The molecular weight excluding hydrogens is 224 g/mol. The average molecular weight is 254 g/mol. The van der Waals surface area contributed by atoms with Crippen LogP contribution in [-0.4, -0.2) is 43.3 Å². The van der Waals surface area contributed by atoms with Gasteiger partial charge in [0.1, 0.15) is 0 Å². The minimum atomic E-state index is 0.275. The molecule has 0 spiro atoms. The number of ether oxygens (including phenoxy) is 1. The van der Waals surface area contributed by atoms with E-state index in [0.717, 1.165) is 13.1 Å². The highest BCUT2D eigenvalue weighted by atomic mass is 16.5. The SMILES string of the molecule is COC1CCCN(C2(CN)CCCCCCC2)C1. The Kier molecular flexibility index (Phi) is 5.46. The van der Waals surface area contributed by atoms with Gasteiger partial charge in [-0.15, -0.1) is 0 Å². The van der Waals surface area contributed by atoms with Gasteiger partial charge in [0.25, 0.3) is 0 Å². The first-order valence-electron chi connectivity index (χ1n) is 7.79. The van der Waals surface area contributed by atoms with Gasteiger partial charge in [-0.25, -0.2) is 0 Å². The van der Waals surface area contributed by atoms with Crippen molar-refractivity contribution in [2.24, 2.45) is 5.73 Å². The van der Waals surface area contributed by atoms with E-state index in [2.05, 4.69) is 4.90 Å². The van der Waals surface area contributed by atoms with Gasteiger partial charge in [0.15, 0.2) is 0 Å². The summed E-state index contributed by atoms with van der Waals surface area (Å²) in [6, 6.07) is 0. The van der Waals surface area contributed by atoms with Crippen molar-refractivity contribution in [2.45, 2.75) is 69.4 Å². The Hall–Kier alpha value is -0.120. The molecule has 0 aromatic heterocycles. The van der Waals surface area contributed by atoms with Crippen molar-refractivity contribution in [3.8, 4) is 0 Å². The van der Waals surface area contributed by atoms with Crippen LogP contribution in [0.1, 0.15) is 57.8 Å². The minimum absolute atomic E-state index is 0.275. The van der Waals surface area contributed by atoms with Crippen LogP contribution < -0.4 is 5.73 Å². The Bertz CT molecular complexity index is 237. The van der Waals surface area contributed by atoms with Gasteiger partial charge < -0.3 is 10.5 Å². The van der Waals surface area contributed by atoms with E-state index in [1.807, 2.05) is 7.11 Å². The van der Waals surface area contributed by atoms with Gasteiger partial charge in [0, 0.05) is 25.7 Å². The molecule has 106 valence electrons. The van der Waals surface area contributed by atoms with Crippen molar-refractivity contribution >= 4 is 0 Å². The third-order valence-corrected chi connectivity index (χ3v) is 5.05. The predicted octanol–water partition coefficient (Wildman–Crippen LogP) is 2.54. The summed E-state index contributed by atoms with van der Waals surface area (Å²) < 4.78 is 5.58. The van der Waals surface area contributed by atoms with Gasteiger partial charge in [-0.05, 0) is 32.2 Å². The Morgan fingerprint density at radius 3 is 2.39 bits per heavy atom. The predicted molar refractivity (Wildman–Crippen MR) is 75.7 cm³/mol. The zero-order valence-electron chi connectivity index (χ0n) is 12.0. The fourth-order valence-corrected chi connectivity index (χ4v) is 3.77. The van der Waals surface area contributed by atoms with Gasteiger partial charge >= 0.3 is 0 Å². The van der Waals surface area contributed by atoms with Gasteiger partial charge in [-0.1, -0.05) is 32.1 Å². The third kappa shape index (κ3) is 3.25. The highest BCUT2D eigenvalue weighted by Gasteiger charge is 2.37. The van der Waals surface area contributed by atoms with Gasteiger partial charge in [0.2, 0.25) is 0 Å². The second-order valence-corrected chi connectivity index (χ2v) is 6.14. The van der Waals surface area contributed by atoms with Crippen molar-refractivity contribution in [1.29, 1.82) is 0 Å². The standard InChI is InChI=1S/C15H30N2O/c1-18-14-8-7-11-17(12-14)15(13-16)9-5-3-2-4-6-10-15/h14H,2-13,16H2,1H3. The Morgan fingerprint density at radius 1 is 1.11 bits per heavy atom. The van der Waals surface area contributed by atoms with Crippen molar-refractivity contribution < 1.29 is 4.74 Å². The van der Waals surface area contributed by atoms with Crippen LogP contribution in [0.15, 0.2) is 0 Å². The zero-order valence-corrected chi connectivity index (χ0v) is 12.0. The molecule has 1 heterocycles.